The molecule has 1 aliphatic heterocycles. The lowest BCUT2D eigenvalue weighted by Gasteiger charge is -2.14. The van der Waals surface area contributed by atoms with Gasteiger partial charge in [-0.2, -0.15) is 0 Å². The Balaban J connectivity index is 1.71. The third-order valence-corrected chi connectivity index (χ3v) is 5.98. The summed E-state index contributed by atoms with van der Waals surface area (Å²) in [4.78, 5) is 37.1. The number of hydrogen-bond donors (Lipinski definition) is 1. The van der Waals surface area contributed by atoms with Crippen LogP contribution in [0.4, 0.5) is 4.79 Å². The number of carboxylic acid groups (broad SMARTS) is 1. The first-order chi connectivity index (χ1) is 15.3. The normalized spacial score (nSPS) is 14.7. The summed E-state index contributed by atoms with van der Waals surface area (Å²) in [6.07, 6.45) is 1.55. The van der Waals surface area contributed by atoms with Crippen LogP contribution in [0.25, 0.3) is 6.08 Å². The standard InChI is InChI=1S/C21H17BrClNO7S/c1-29-16-9-12(8-13(22)19(16)31-11-18(25)26)10-17-20(27)24(21(28)32-17)6-7-30-15-5-3-2-4-14(15)23/h2-5,8-10H,6-7,11H2,1H3,(H,25,26)/b17-10-. The number of thioether (sulfide) groups is 1. The summed E-state index contributed by atoms with van der Waals surface area (Å²) in [7, 11) is 1.41. The number of carboxylic acids is 1. The lowest BCUT2D eigenvalue weighted by Crippen LogP contribution is -2.32. The lowest BCUT2D eigenvalue weighted by molar-refractivity contribution is -0.139. The van der Waals surface area contributed by atoms with Crippen LogP contribution in [0.3, 0.4) is 0 Å². The van der Waals surface area contributed by atoms with Gasteiger partial charge in [0.15, 0.2) is 18.1 Å². The maximum absolute atomic E-state index is 12.7. The van der Waals surface area contributed by atoms with Crippen molar-refractivity contribution in [3.05, 3.63) is 56.4 Å². The van der Waals surface area contributed by atoms with Crippen LogP contribution in [-0.4, -0.2) is 54.0 Å². The number of nitrogens with zero attached hydrogens (tertiary/aromatic N) is 1. The highest BCUT2D eigenvalue weighted by atomic mass is 79.9. The number of hydrogen-bond acceptors (Lipinski definition) is 7. The Labute approximate surface area is 201 Å². The fourth-order valence-electron chi connectivity index (χ4n) is 2.75. The number of aliphatic carboxylic acids is 1. The van der Waals surface area contributed by atoms with Crippen molar-refractivity contribution < 1.29 is 33.7 Å². The second kappa shape index (κ2) is 10.8. The minimum absolute atomic E-state index is 0.0716. The van der Waals surface area contributed by atoms with Crippen molar-refractivity contribution in [2.24, 2.45) is 0 Å². The monoisotopic (exact) mass is 541 g/mol. The van der Waals surface area contributed by atoms with Gasteiger partial charge in [-0.25, -0.2) is 4.79 Å². The Morgan fingerprint density at radius 1 is 1.22 bits per heavy atom. The molecule has 2 aromatic carbocycles. The molecule has 2 aromatic rings. The number of halogens is 2. The summed E-state index contributed by atoms with van der Waals surface area (Å²) >= 11 is 10.2. The van der Waals surface area contributed by atoms with E-state index in [-0.39, 0.29) is 29.6 Å². The molecule has 1 saturated heterocycles. The molecule has 0 saturated carbocycles. The minimum atomic E-state index is -1.13. The Morgan fingerprint density at radius 2 is 1.97 bits per heavy atom. The van der Waals surface area contributed by atoms with Crippen molar-refractivity contribution in [3.8, 4) is 17.2 Å². The molecular weight excluding hydrogens is 526 g/mol. The predicted molar refractivity (Wildman–Crippen MR) is 123 cm³/mol. The Kier molecular flexibility index (Phi) is 8.05. The first-order valence-corrected chi connectivity index (χ1v) is 11.1. The van der Waals surface area contributed by atoms with E-state index in [2.05, 4.69) is 15.9 Å². The van der Waals surface area contributed by atoms with E-state index in [1.165, 1.54) is 7.11 Å². The molecule has 11 heteroatoms. The molecule has 0 bridgehead atoms. The van der Waals surface area contributed by atoms with Gasteiger partial charge in [0, 0.05) is 0 Å². The SMILES string of the molecule is COc1cc(/C=C2\SC(=O)N(CCOc3ccccc3Cl)C2=O)cc(Br)c1OCC(=O)O. The van der Waals surface area contributed by atoms with E-state index in [4.69, 9.17) is 30.9 Å². The zero-order valence-electron chi connectivity index (χ0n) is 16.7. The van der Waals surface area contributed by atoms with Gasteiger partial charge in [-0.15, -0.1) is 0 Å². The number of rotatable bonds is 9. The predicted octanol–water partition coefficient (Wildman–Crippen LogP) is 4.69. The summed E-state index contributed by atoms with van der Waals surface area (Å²) in [5, 5.41) is 8.84. The van der Waals surface area contributed by atoms with E-state index >= 15 is 0 Å². The van der Waals surface area contributed by atoms with E-state index < -0.39 is 23.7 Å². The van der Waals surface area contributed by atoms with Crippen LogP contribution < -0.4 is 14.2 Å². The average Bonchev–Trinajstić information content (AvgIpc) is 3.01. The second-order valence-corrected chi connectivity index (χ2v) is 8.58. The fourth-order valence-corrected chi connectivity index (χ4v) is 4.38. The summed E-state index contributed by atoms with van der Waals surface area (Å²) in [6, 6.07) is 10.1. The van der Waals surface area contributed by atoms with Crippen molar-refractivity contribution in [3.63, 3.8) is 0 Å². The highest BCUT2D eigenvalue weighted by molar-refractivity contribution is 9.10. The maximum atomic E-state index is 12.7. The molecule has 0 aliphatic carbocycles. The van der Waals surface area contributed by atoms with Crippen LogP contribution in [0.1, 0.15) is 5.56 Å². The molecule has 1 N–H and O–H groups in total. The van der Waals surface area contributed by atoms with E-state index in [1.807, 2.05) is 0 Å². The van der Waals surface area contributed by atoms with Gasteiger partial charge in [0.25, 0.3) is 11.1 Å². The molecule has 1 aliphatic rings. The molecule has 168 valence electrons. The number of carbonyl (C=O) groups is 3. The summed E-state index contributed by atoms with van der Waals surface area (Å²) in [6.45, 7) is -0.365. The molecule has 8 nitrogen and oxygen atoms in total. The van der Waals surface area contributed by atoms with Crippen molar-refractivity contribution >= 4 is 62.5 Å². The number of methoxy groups -OCH3 is 1. The van der Waals surface area contributed by atoms with Crippen LogP contribution in [0.15, 0.2) is 45.8 Å². The zero-order chi connectivity index (χ0) is 23.3. The number of imide groups is 1. The number of carbonyl (C=O) groups excluding carboxylic acids is 2. The average molecular weight is 543 g/mol. The third kappa shape index (κ3) is 5.76. The smallest absolute Gasteiger partial charge is 0.341 e. The summed E-state index contributed by atoms with van der Waals surface area (Å²) < 4.78 is 16.5. The molecular formula is C21H17BrClNO7S. The van der Waals surface area contributed by atoms with Gasteiger partial charge in [0.1, 0.15) is 12.4 Å². The van der Waals surface area contributed by atoms with Gasteiger partial charge >= 0.3 is 5.97 Å². The molecule has 0 aromatic heterocycles. The first kappa shape index (κ1) is 24.0. The molecule has 0 atom stereocenters. The van der Waals surface area contributed by atoms with Gasteiger partial charge < -0.3 is 19.3 Å². The van der Waals surface area contributed by atoms with Gasteiger partial charge in [-0.3, -0.25) is 14.5 Å². The summed E-state index contributed by atoms with van der Waals surface area (Å²) in [5.74, 6) is -0.603. The van der Waals surface area contributed by atoms with Crippen LogP contribution in [-0.2, 0) is 9.59 Å². The Hall–Kier alpha value is -2.69. The van der Waals surface area contributed by atoms with Crippen molar-refractivity contribution in [2.75, 3.05) is 26.9 Å². The first-order valence-electron chi connectivity index (χ1n) is 9.15. The van der Waals surface area contributed by atoms with E-state index in [1.54, 1.807) is 42.5 Å². The van der Waals surface area contributed by atoms with E-state index in [0.29, 0.717) is 20.8 Å². The molecule has 32 heavy (non-hydrogen) atoms. The van der Waals surface area contributed by atoms with Crippen molar-refractivity contribution in [1.82, 2.24) is 4.90 Å². The molecule has 1 fully saturated rings. The molecule has 0 unspecified atom stereocenters. The van der Waals surface area contributed by atoms with Crippen LogP contribution in [0.5, 0.6) is 17.2 Å². The highest BCUT2D eigenvalue weighted by Crippen LogP contribution is 2.39. The summed E-state index contributed by atoms with van der Waals surface area (Å²) in [5.41, 5.74) is 0.564. The second-order valence-electron chi connectivity index (χ2n) is 6.33. The fraction of sp³-hybridized carbons (Fsp3) is 0.190. The molecule has 2 amide bonds. The molecule has 0 spiro atoms. The quantitative estimate of drug-likeness (QED) is 0.455. The number of amides is 2. The van der Waals surface area contributed by atoms with Crippen LogP contribution >= 0.6 is 39.3 Å². The van der Waals surface area contributed by atoms with Crippen LogP contribution in [0.2, 0.25) is 5.02 Å². The molecule has 1 heterocycles. The van der Waals surface area contributed by atoms with Gasteiger partial charge in [0.05, 0.1) is 28.1 Å². The van der Waals surface area contributed by atoms with Gasteiger partial charge in [-0.1, -0.05) is 23.7 Å². The van der Waals surface area contributed by atoms with Gasteiger partial charge in [0.2, 0.25) is 0 Å². The van der Waals surface area contributed by atoms with Crippen molar-refractivity contribution in [2.45, 2.75) is 0 Å². The maximum Gasteiger partial charge on any atom is 0.341 e. The lowest BCUT2D eigenvalue weighted by atomic mass is 10.2. The van der Waals surface area contributed by atoms with E-state index in [9.17, 15) is 14.4 Å². The van der Waals surface area contributed by atoms with Crippen LogP contribution in [0, 0.1) is 0 Å². The van der Waals surface area contributed by atoms with Gasteiger partial charge in [-0.05, 0) is 63.6 Å². The third-order valence-electron chi connectivity index (χ3n) is 4.17. The number of ether oxygens (including phenoxy) is 3. The number of para-hydroxylation sites is 1. The molecule has 3 rings (SSSR count). The molecule has 0 radical (unpaired) electrons. The Bertz CT molecular complexity index is 1090. The largest absolute Gasteiger partial charge is 0.493 e. The minimum Gasteiger partial charge on any atom is -0.493 e. The Morgan fingerprint density at radius 3 is 2.66 bits per heavy atom. The van der Waals surface area contributed by atoms with Crippen molar-refractivity contribution in [1.29, 1.82) is 0 Å². The van der Waals surface area contributed by atoms with E-state index in [0.717, 1.165) is 16.7 Å². The zero-order valence-corrected chi connectivity index (χ0v) is 19.8. The topological polar surface area (TPSA) is 102 Å². The highest BCUT2D eigenvalue weighted by Gasteiger charge is 2.35. The number of benzene rings is 2.